The Morgan fingerprint density at radius 2 is 1.69 bits per heavy atom. The van der Waals surface area contributed by atoms with E-state index in [1.807, 2.05) is 36.5 Å². The van der Waals surface area contributed by atoms with Gasteiger partial charge in [0, 0.05) is 69.8 Å². The molecule has 1 aliphatic heterocycles. The Labute approximate surface area is 212 Å². The highest BCUT2D eigenvalue weighted by Crippen LogP contribution is 2.20. The number of pyridine rings is 2. The minimum Gasteiger partial charge on any atom is -0.383 e. The summed E-state index contributed by atoms with van der Waals surface area (Å²) < 4.78 is 0. The third kappa shape index (κ3) is 6.05. The molecular formula is C29H32N6O. The zero-order valence-corrected chi connectivity index (χ0v) is 20.4. The molecule has 7 nitrogen and oxygen atoms in total. The first kappa shape index (κ1) is 23.9. The van der Waals surface area contributed by atoms with Crippen LogP contribution >= 0.6 is 0 Å². The summed E-state index contributed by atoms with van der Waals surface area (Å²) in [6.45, 7) is 6.51. The third-order valence-corrected chi connectivity index (χ3v) is 6.80. The smallest absolute Gasteiger partial charge is 0.253 e. The molecular weight excluding hydrogens is 448 g/mol. The summed E-state index contributed by atoms with van der Waals surface area (Å²) >= 11 is 0. The number of nitrogen functional groups attached to an aromatic ring is 1. The van der Waals surface area contributed by atoms with Gasteiger partial charge in [0.2, 0.25) is 0 Å². The average molecular weight is 481 g/mol. The molecule has 0 radical (unpaired) electrons. The highest BCUT2D eigenvalue weighted by molar-refractivity contribution is 5.94. The highest BCUT2D eigenvalue weighted by atomic mass is 16.1. The maximum absolute atomic E-state index is 12.8. The van der Waals surface area contributed by atoms with Gasteiger partial charge in [-0.25, -0.2) is 4.98 Å². The predicted molar refractivity (Wildman–Crippen MR) is 143 cm³/mol. The average Bonchev–Trinajstić information content (AvgIpc) is 2.92. The summed E-state index contributed by atoms with van der Waals surface area (Å²) in [5.41, 5.74) is 9.99. The molecule has 2 aromatic carbocycles. The number of nitrogens with zero attached hydrogens (tertiary/aromatic N) is 4. The maximum atomic E-state index is 12.8. The van der Waals surface area contributed by atoms with Gasteiger partial charge in [0.15, 0.2) is 0 Å². The highest BCUT2D eigenvalue weighted by Gasteiger charge is 2.17. The van der Waals surface area contributed by atoms with Crippen LogP contribution < -0.4 is 11.1 Å². The SMILES string of the molecule is Nc1nccc2cc(CNC(=O)c3cncc(CN4CCN(CCc5ccccc5)CC4)c3)ccc12. The van der Waals surface area contributed by atoms with Gasteiger partial charge in [0.05, 0.1) is 5.56 Å². The lowest BCUT2D eigenvalue weighted by atomic mass is 10.1. The number of rotatable bonds is 8. The molecule has 0 unspecified atom stereocenters. The van der Waals surface area contributed by atoms with E-state index in [1.54, 1.807) is 12.4 Å². The Hall–Kier alpha value is -3.81. The number of amides is 1. The van der Waals surface area contributed by atoms with Crippen LogP contribution in [0.2, 0.25) is 0 Å². The van der Waals surface area contributed by atoms with Crippen molar-refractivity contribution in [1.82, 2.24) is 25.1 Å². The normalized spacial score (nSPS) is 14.7. The molecule has 7 heteroatoms. The fourth-order valence-electron chi connectivity index (χ4n) is 4.70. The molecule has 0 aliphatic carbocycles. The largest absolute Gasteiger partial charge is 0.383 e. The number of hydrogen-bond acceptors (Lipinski definition) is 6. The second-order valence-electron chi connectivity index (χ2n) is 9.37. The number of anilines is 1. The van der Waals surface area contributed by atoms with Gasteiger partial charge < -0.3 is 16.0 Å². The summed E-state index contributed by atoms with van der Waals surface area (Å²) in [4.78, 5) is 26.2. The van der Waals surface area contributed by atoms with Gasteiger partial charge in [-0.2, -0.15) is 0 Å². The van der Waals surface area contributed by atoms with E-state index in [2.05, 4.69) is 55.4 Å². The lowest BCUT2D eigenvalue weighted by Crippen LogP contribution is -2.46. The summed E-state index contributed by atoms with van der Waals surface area (Å²) in [6.07, 6.45) is 6.28. The number of piperazine rings is 1. The molecule has 1 saturated heterocycles. The number of aromatic nitrogens is 2. The van der Waals surface area contributed by atoms with Crippen molar-refractivity contribution in [2.24, 2.45) is 0 Å². The van der Waals surface area contributed by atoms with Crippen molar-refractivity contribution in [1.29, 1.82) is 0 Å². The molecule has 2 aromatic heterocycles. The quantitative estimate of drug-likeness (QED) is 0.401. The minimum atomic E-state index is -0.121. The van der Waals surface area contributed by atoms with Crippen LogP contribution in [-0.2, 0) is 19.5 Å². The van der Waals surface area contributed by atoms with Crippen LogP contribution in [0.3, 0.4) is 0 Å². The van der Waals surface area contributed by atoms with Crippen LogP contribution in [0.25, 0.3) is 10.8 Å². The molecule has 5 rings (SSSR count). The van der Waals surface area contributed by atoms with Crippen molar-refractivity contribution in [3.63, 3.8) is 0 Å². The molecule has 3 heterocycles. The Morgan fingerprint density at radius 3 is 2.53 bits per heavy atom. The Kier molecular flexibility index (Phi) is 7.50. The van der Waals surface area contributed by atoms with Crippen LogP contribution in [0.4, 0.5) is 5.82 Å². The van der Waals surface area contributed by atoms with Gasteiger partial charge >= 0.3 is 0 Å². The number of hydrogen-bond donors (Lipinski definition) is 2. The number of fused-ring (bicyclic) bond motifs is 1. The second-order valence-corrected chi connectivity index (χ2v) is 9.37. The topological polar surface area (TPSA) is 87.4 Å². The molecule has 0 spiro atoms. The molecule has 0 atom stereocenters. The van der Waals surface area contributed by atoms with Crippen LogP contribution in [0.1, 0.15) is 27.0 Å². The second kappa shape index (κ2) is 11.3. The number of carbonyl (C=O) groups is 1. The molecule has 184 valence electrons. The van der Waals surface area contributed by atoms with E-state index < -0.39 is 0 Å². The zero-order chi connectivity index (χ0) is 24.7. The first-order valence-corrected chi connectivity index (χ1v) is 12.5. The van der Waals surface area contributed by atoms with Crippen molar-refractivity contribution in [3.05, 3.63) is 102 Å². The van der Waals surface area contributed by atoms with Gasteiger partial charge in [-0.15, -0.1) is 0 Å². The molecule has 1 aliphatic rings. The lowest BCUT2D eigenvalue weighted by Gasteiger charge is -2.34. The van der Waals surface area contributed by atoms with E-state index in [9.17, 15) is 4.79 Å². The van der Waals surface area contributed by atoms with Gasteiger partial charge in [-0.1, -0.05) is 42.5 Å². The van der Waals surface area contributed by atoms with Crippen molar-refractivity contribution in [2.75, 3.05) is 38.5 Å². The fraction of sp³-hybridized carbons (Fsp3) is 0.276. The Balaban J connectivity index is 1.11. The van der Waals surface area contributed by atoms with Gasteiger partial charge in [-0.05, 0) is 46.7 Å². The van der Waals surface area contributed by atoms with Crippen LogP contribution in [0, 0.1) is 0 Å². The van der Waals surface area contributed by atoms with Crippen molar-refractivity contribution < 1.29 is 4.79 Å². The summed E-state index contributed by atoms with van der Waals surface area (Å²) in [6, 6.07) is 20.5. The summed E-state index contributed by atoms with van der Waals surface area (Å²) in [5.74, 6) is 0.393. The van der Waals surface area contributed by atoms with Crippen LogP contribution in [0.15, 0.2) is 79.3 Å². The summed E-state index contributed by atoms with van der Waals surface area (Å²) in [5, 5.41) is 4.94. The van der Waals surface area contributed by atoms with Crippen LogP contribution in [0.5, 0.6) is 0 Å². The van der Waals surface area contributed by atoms with Gasteiger partial charge in [0.1, 0.15) is 5.82 Å². The summed E-state index contributed by atoms with van der Waals surface area (Å²) in [7, 11) is 0. The van der Waals surface area contributed by atoms with E-state index in [-0.39, 0.29) is 5.91 Å². The molecule has 3 N–H and O–H groups in total. The standard InChI is InChI=1S/C29H32N6O/c30-28-27-7-6-23(16-25(27)8-10-32-28)19-33-29(36)26-17-24(18-31-20-26)21-35-14-12-34(13-15-35)11-9-22-4-2-1-3-5-22/h1-8,10,16-18,20H,9,11-15,19,21H2,(H2,30,32)(H,33,36). The van der Waals surface area contributed by atoms with E-state index in [0.717, 1.165) is 67.6 Å². The predicted octanol–water partition coefficient (Wildman–Crippen LogP) is 3.50. The first-order chi connectivity index (χ1) is 17.6. The molecule has 0 saturated carbocycles. The Morgan fingerprint density at radius 1 is 0.889 bits per heavy atom. The molecule has 0 bridgehead atoms. The van der Waals surface area contributed by atoms with E-state index >= 15 is 0 Å². The molecule has 1 fully saturated rings. The first-order valence-electron chi connectivity index (χ1n) is 12.5. The molecule has 1 amide bonds. The van der Waals surface area contributed by atoms with E-state index in [0.29, 0.717) is 17.9 Å². The monoisotopic (exact) mass is 480 g/mol. The van der Waals surface area contributed by atoms with E-state index in [4.69, 9.17) is 5.73 Å². The van der Waals surface area contributed by atoms with Gasteiger partial charge in [-0.3, -0.25) is 14.7 Å². The Bertz CT molecular complexity index is 1320. The lowest BCUT2D eigenvalue weighted by molar-refractivity contribution is 0.0950. The van der Waals surface area contributed by atoms with Crippen molar-refractivity contribution in [3.8, 4) is 0 Å². The minimum absolute atomic E-state index is 0.121. The van der Waals surface area contributed by atoms with Crippen molar-refractivity contribution >= 4 is 22.5 Å². The third-order valence-electron chi connectivity index (χ3n) is 6.80. The number of nitrogens with one attached hydrogen (secondary N) is 1. The number of carbonyl (C=O) groups excluding carboxylic acids is 1. The molecule has 4 aromatic rings. The maximum Gasteiger partial charge on any atom is 0.253 e. The molecule has 36 heavy (non-hydrogen) atoms. The fourth-order valence-corrected chi connectivity index (χ4v) is 4.70. The van der Waals surface area contributed by atoms with Gasteiger partial charge in [0.25, 0.3) is 5.91 Å². The van der Waals surface area contributed by atoms with Crippen LogP contribution in [-0.4, -0.2) is 58.4 Å². The zero-order valence-electron chi connectivity index (χ0n) is 20.4. The number of benzene rings is 2. The van der Waals surface area contributed by atoms with E-state index in [1.165, 1.54) is 5.56 Å². The number of nitrogens with two attached hydrogens (primary N) is 1. The van der Waals surface area contributed by atoms with Crippen molar-refractivity contribution in [2.45, 2.75) is 19.5 Å².